The number of aromatic nitrogens is 1. The fourth-order valence-corrected chi connectivity index (χ4v) is 2.74. The van der Waals surface area contributed by atoms with Gasteiger partial charge in [-0.2, -0.15) is 0 Å². The summed E-state index contributed by atoms with van der Waals surface area (Å²) in [6.45, 7) is 10.3. The van der Waals surface area contributed by atoms with Gasteiger partial charge in [-0.3, -0.25) is 0 Å². The number of nitrogens with one attached hydrogen (secondary N) is 1. The average molecular weight is 279 g/mol. The summed E-state index contributed by atoms with van der Waals surface area (Å²) in [5.41, 5.74) is 0.974. The Labute approximate surface area is 121 Å². The molecule has 1 atom stereocenters. The standard InChI is InChI=1S/C16H26FN3/c1-4-13-5-6-20(11-13)16-14(7-15(17)10-19-16)9-18-8-12(2)3/h7,10,12-13,18H,4-6,8-9,11H2,1-3H3. The first-order chi connectivity index (χ1) is 9.60. The molecule has 112 valence electrons. The van der Waals surface area contributed by atoms with Crippen molar-refractivity contribution in [3.63, 3.8) is 0 Å². The Morgan fingerprint density at radius 1 is 1.50 bits per heavy atom. The van der Waals surface area contributed by atoms with Crippen LogP contribution in [-0.4, -0.2) is 24.6 Å². The summed E-state index contributed by atoms with van der Waals surface area (Å²) in [7, 11) is 0. The molecule has 0 spiro atoms. The summed E-state index contributed by atoms with van der Waals surface area (Å²) in [6.07, 6.45) is 3.76. The minimum atomic E-state index is -0.249. The van der Waals surface area contributed by atoms with E-state index in [0.717, 1.165) is 36.9 Å². The molecule has 0 aliphatic carbocycles. The molecule has 20 heavy (non-hydrogen) atoms. The van der Waals surface area contributed by atoms with Crippen LogP contribution in [0.4, 0.5) is 10.2 Å². The molecule has 4 heteroatoms. The number of hydrogen-bond donors (Lipinski definition) is 1. The number of anilines is 1. The molecule has 1 fully saturated rings. The third kappa shape index (κ3) is 3.92. The lowest BCUT2D eigenvalue weighted by Crippen LogP contribution is -2.25. The maximum Gasteiger partial charge on any atom is 0.141 e. The normalized spacial score (nSPS) is 19.1. The molecule has 3 nitrogen and oxygen atoms in total. The van der Waals surface area contributed by atoms with E-state index in [1.54, 1.807) is 6.07 Å². The highest BCUT2D eigenvalue weighted by Gasteiger charge is 2.24. The Morgan fingerprint density at radius 3 is 2.95 bits per heavy atom. The molecule has 2 rings (SSSR count). The average Bonchev–Trinajstić information content (AvgIpc) is 2.87. The maximum absolute atomic E-state index is 13.5. The summed E-state index contributed by atoms with van der Waals surface area (Å²) >= 11 is 0. The van der Waals surface area contributed by atoms with Gasteiger partial charge in [0.05, 0.1) is 6.20 Å². The lowest BCUT2D eigenvalue weighted by atomic mass is 10.1. The van der Waals surface area contributed by atoms with E-state index in [4.69, 9.17) is 0 Å². The van der Waals surface area contributed by atoms with Gasteiger partial charge < -0.3 is 10.2 Å². The smallest absolute Gasteiger partial charge is 0.141 e. The van der Waals surface area contributed by atoms with Crippen LogP contribution in [0.2, 0.25) is 0 Å². The van der Waals surface area contributed by atoms with E-state index < -0.39 is 0 Å². The van der Waals surface area contributed by atoms with Crippen LogP contribution in [0.3, 0.4) is 0 Å². The van der Waals surface area contributed by atoms with Crippen LogP contribution in [0.25, 0.3) is 0 Å². The Morgan fingerprint density at radius 2 is 2.30 bits per heavy atom. The van der Waals surface area contributed by atoms with E-state index >= 15 is 0 Å². The van der Waals surface area contributed by atoms with Crippen molar-refractivity contribution in [3.05, 3.63) is 23.6 Å². The zero-order valence-electron chi connectivity index (χ0n) is 12.8. The van der Waals surface area contributed by atoms with Gasteiger partial charge in [0.15, 0.2) is 0 Å². The van der Waals surface area contributed by atoms with Crippen LogP contribution >= 0.6 is 0 Å². The molecular weight excluding hydrogens is 253 g/mol. The molecule has 0 saturated carbocycles. The van der Waals surface area contributed by atoms with Crippen LogP contribution < -0.4 is 10.2 Å². The maximum atomic E-state index is 13.5. The van der Waals surface area contributed by atoms with Gasteiger partial charge in [0.1, 0.15) is 11.6 Å². The largest absolute Gasteiger partial charge is 0.356 e. The van der Waals surface area contributed by atoms with Gasteiger partial charge in [0, 0.05) is 25.2 Å². The zero-order chi connectivity index (χ0) is 14.5. The number of nitrogens with zero attached hydrogens (tertiary/aromatic N) is 2. The Hall–Kier alpha value is -1.16. The minimum absolute atomic E-state index is 0.249. The van der Waals surface area contributed by atoms with Crippen molar-refractivity contribution in [1.82, 2.24) is 10.3 Å². The molecule has 1 aliphatic heterocycles. The van der Waals surface area contributed by atoms with E-state index in [1.165, 1.54) is 19.0 Å². The van der Waals surface area contributed by atoms with Crippen LogP contribution in [0.5, 0.6) is 0 Å². The van der Waals surface area contributed by atoms with Gasteiger partial charge in [0.2, 0.25) is 0 Å². The Kier molecular flexibility index (Phi) is 5.35. The van der Waals surface area contributed by atoms with Crippen molar-refractivity contribution in [3.8, 4) is 0 Å². The first kappa shape index (κ1) is 15.2. The molecule has 1 aromatic rings. The first-order valence-electron chi connectivity index (χ1n) is 7.70. The number of pyridine rings is 1. The molecule has 0 radical (unpaired) electrons. The summed E-state index contributed by atoms with van der Waals surface area (Å²) < 4.78 is 13.5. The molecule has 0 amide bonds. The summed E-state index contributed by atoms with van der Waals surface area (Å²) in [5, 5.41) is 3.38. The van der Waals surface area contributed by atoms with E-state index in [0.29, 0.717) is 12.5 Å². The summed E-state index contributed by atoms with van der Waals surface area (Å²) in [4.78, 5) is 6.64. The Balaban J connectivity index is 2.07. The van der Waals surface area contributed by atoms with Crippen molar-refractivity contribution in [1.29, 1.82) is 0 Å². The van der Waals surface area contributed by atoms with Gasteiger partial charge in [0.25, 0.3) is 0 Å². The fourth-order valence-electron chi connectivity index (χ4n) is 2.74. The highest BCUT2D eigenvalue weighted by molar-refractivity contribution is 5.47. The molecular formula is C16H26FN3. The van der Waals surface area contributed by atoms with Crippen LogP contribution in [0.1, 0.15) is 39.2 Å². The predicted molar refractivity (Wildman–Crippen MR) is 81.4 cm³/mol. The van der Waals surface area contributed by atoms with Gasteiger partial charge >= 0.3 is 0 Å². The van der Waals surface area contributed by atoms with Crippen molar-refractivity contribution in [2.24, 2.45) is 11.8 Å². The minimum Gasteiger partial charge on any atom is -0.356 e. The number of rotatable bonds is 6. The molecule has 0 bridgehead atoms. The molecule has 0 aromatic carbocycles. The third-order valence-corrected chi connectivity index (χ3v) is 3.94. The van der Waals surface area contributed by atoms with E-state index in [2.05, 4.69) is 36.0 Å². The highest BCUT2D eigenvalue weighted by Crippen LogP contribution is 2.27. The predicted octanol–water partition coefficient (Wildman–Crippen LogP) is 3.20. The monoisotopic (exact) mass is 279 g/mol. The van der Waals surface area contributed by atoms with Crippen molar-refractivity contribution in [2.75, 3.05) is 24.5 Å². The van der Waals surface area contributed by atoms with E-state index in [9.17, 15) is 4.39 Å². The van der Waals surface area contributed by atoms with E-state index in [-0.39, 0.29) is 5.82 Å². The zero-order valence-corrected chi connectivity index (χ0v) is 12.8. The van der Waals surface area contributed by atoms with Crippen molar-refractivity contribution >= 4 is 5.82 Å². The highest BCUT2D eigenvalue weighted by atomic mass is 19.1. The molecule has 1 N–H and O–H groups in total. The lowest BCUT2D eigenvalue weighted by molar-refractivity contribution is 0.547. The first-order valence-corrected chi connectivity index (χ1v) is 7.70. The van der Waals surface area contributed by atoms with Crippen LogP contribution in [0, 0.1) is 17.7 Å². The molecule has 1 saturated heterocycles. The van der Waals surface area contributed by atoms with Crippen LogP contribution in [-0.2, 0) is 6.54 Å². The lowest BCUT2D eigenvalue weighted by Gasteiger charge is -2.21. The van der Waals surface area contributed by atoms with Gasteiger partial charge in [-0.25, -0.2) is 9.37 Å². The fraction of sp³-hybridized carbons (Fsp3) is 0.688. The second kappa shape index (κ2) is 7.02. The number of halogens is 1. The summed E-state index contributed by atoms with van der Waals surface area (Å²) in [6, 6.07) is 1.62. The second-order valence-corrected chi connectivity index (χ2v) is 6.17. The molecule has 1 aromatic heterocycles. The molecule has 1 unspecified atom stereocenters. The van der Waals surface area contributed by atoms with Crippen molar-refractivity contribution in [2.45, 2.75) is 40.2 Å². The van der Waals surface area contributed by atoms with Gasteiger partial charge in [-0.05, 0) is 30.9 Å². The van der Waals surface area contributed by atoms with E-state index in [1.807, 2.05) is 0 Å². The van der Waals surface area contributed by atoms with Crippen LogP contribution in [0.15, 0.2) is 12.3 Å². The molecule has 1 aliphatic rings. The Bertz CT molecular complexity index is 434. The van der Waals surface area contributed by atoms with Gasteiger partial charge in [-0.15, -0.1) is 0 Å². The molecule has 2 heterocycles. The topological polar surface area (TPSA) is 28.2 Å². The third-order valence-electron chi connectivity index (χ3n) is 3.94. The SMILES string of the molecule is CCC1CCN(c2ncc(F)cc2CNCC(C)C)C1. The van der Waals surface area contributed by atoms with Gasteiger partial charge in [-0.1, -0.05) is 27.2 Å². The summed E-state index contributed by atoms with van der Waals surface area (Å²) in [5.74, 6) is 2.05. The second-order valence-electron chi connectivity index (χ2n) is 6.17. The van der Waals surface area contributed by atoms with Crippen molar-refractivity contribution < 1.29 is 4.39 Å². The quantitative estimate of drug-likeness (QED) is 0.866. The number of hydrogen-bond acceptors (Lipinski definition) is 3.